The van der Waals surface area contributed by atoms with Gasteiger partial charge in [0.2, 0.25) is 11.8 Å². The number of piperazine rings is 1. The van der Waals surface area contributed by atoms with Gasteiger partial charge >= 0.3 is 6.03 Å². The molecule has 7 nitrogen and oxygen atoms in total. The summed E-state index contributed by atoms with van der Waals surface area (Å²) in [4.78, 5) is 39.8. The first kappa shape index (κ1) is 17.1. The van der Waals surface area contributed by atoms with Gasteiger partial charge in [0.05, 0.1) is 5.69 Å². The molecule has 2 heterocycles. The van der Waals surface area contributed by atoms with Crippen molar-refractivity contribution in [1.29, 1.82) is 0 Å². The van der Waals surface area contributed by atoms with Gasteiger partial charge in [-0.05, 0) is 11.6 Å². The van der Waals surface area contributed by atoms with Crippen LogP contribution in [0.15, 0.2) is 54.6 Å². The molecule has 2 aromatic rings. The number of hydrogen-bond donors (Lipinski definition) is 2. The zero-order chi connectivity index (χ0) is 18.8. The van der Waals surface area contributed by atoms with Crippen LogP contribution in [0.2, 0.25) is 0 Å². The van der Waals surface area contributed by atoms with Crippen LogP contribution in [0.5, 0.6) is 0 Å². The van der Waals surface area contributed by atoms with Crippen molar-refractivity contribution in [3.05, 3.63) is 54.6 Å². The van der Waals surface area contributed by atoms with E-state index in [9.17, 15) is 14.4 Å². The second-order valence-electron chi connectivity index (χ2n) is 6.60. The lowest BCUT2D eigenvalue weighted by Gasteiger charge is -2.36. The molecule has 2 saturated heterocycles. The largest absolute Gasteiger partial charge is 0.336 e. The molecule has 7 heteroatoms. The van der Waals surface area contributed by atoms with Gasteiger partial charge in [-0.3, -0.25) is 9.59 Å². The number of nitrogens with one attached hydrogen (secondary N) is 2. The highest BCUT2D eigenvalue weighted by atomic mass is 16.2. The fraction of sp³-hybridized carbons (Fsp3) is 0.250. The van der Waals surface area contributed by atoms with Gasteiger partial charge in [0.15, 0.2) is 0 Å². The monoisotopic (exact) mass is 364 g/mol. The van der Waals surface area contributed by atoms with Crippen molar-refractivity contribution in [3.8, 4) is 11.1 Å². The number of rotatable bonds is 3. The Morgan fingerprint density at radius 3 is 2.41 bits per heavy atom. The molecule has 0 saturated carbocycles. The maximum Gasteiger partial charge on any atom is 0.315 e. The van der Waals surface area contributed by atoms with Gasteiger partial charge in [-0.1, -0.05) is 48.5 Å². The highest BCUT2D eigenvalue weighted by Crippen LogP contribution is 2.31. The standard InChI is InChI=1S/C20H20N4O3/c25-18-13-23(19(26)16-12-21-20(27)22-16)10-11-24(18)17-9-5-4-8-15(17)14-6-2-1-3-7-14/h1-9,16H,10-13H2,(H2,21,22,27)/t16-/m1/s1. The molecular formula is C20H20N4O3. The molecule has 4 amide bonds. The summed E-state index contributed by atoms with van der Waals surface area (Å²) in [7, 11) is 0. The Balaban J connectivity index is 1.52. The zero-order valence-electron chi connectivity index (χ0n) is 14.7. The van der Waals surface area contributed by atoms with Gasteiger partial charge in [0.25, 0.3) is 0 Å². The number of benzene rings is 2. The Morgan fingerprint density at radius 2 is 1.70 bits per heavy atom. The number of para-hydroxylation sites is 1. The number of hydrogen-bond acceptors (Lipinski definition) is 3. The molecule has 2 aliphatic rings. The first-order valence-electron chi connectivity index (χ1n) is 8.91. The summed E-state index contributed by atoms with van der Waals surface area (Å²) in [5.74, 6) is -0.354. The van der Waals surface area contributed by atoms with Crippen molar-refractivity contribution >= 4 is 23.5 Å². The van der Waals surface area contributed by atoms with Crippen molar-refractivity contribution in [2.45, 2.75) is 6.04 Å². The van der Waals surface area contributed by atoms with Crippen molar-refractivity contribution in [2.75, 3.05) is 31.1 Å². The molecule has 2 N–H and O–H groups in total. The number of nitrogens with zero attached hydrogens (tertiary/aromatic N) is 2. The van der Waals surface area contributed by atoms with Crippen molar-refractivity contribution < 1.29 is 14.4 Å². The summed E-state index contributed by atoms with van der Waals surface area (Å²) in [5, 5.41) is 5.14. The summed E-state index contributed by atoms with van der Waals surface area (Å²) in [5.41, 5.74) is 2.87. The van der Waals surface area contributed by atoms with Gasteiger partial charge in [-0.25, -0.2) is 4.79 Å². The molecule has 4 rings (SSSR count). The quantitative estimate of drug-likeness (QED) is 0.859. The van der Waals surface area contributed by atoms with E-state index in [0.717, 1.165) is 16.8 Å². The highest BCUT2D eigenvalue weighted by Gasteiger charge is 2.35. The Morgan fingerprint density at radius 1 is 0.963 bits per heavy atom. The van der Waals surface area contributed by atoms with E-state index in [-0.39, 0.29) is 30.9 Å². The molecule has 138 valence electrons. The Bertz CT molecular complexity index is 884. The summed E-state index contributed by atoms with van der Waals surface area (Å²) in [6.45, 7) is 1.11. The smallest absolute Gasteiger partial charge is 0.315 e. The summed E-state index contributed by atoms with van der Waals surface area (Å²) < 4.78 is 0. The van der Waals surface area contributed by atoms with Crippen LogP contribution >= 0.6 is 0 Å². The topological polar surface area (TPSA) is 81.8 Å². The SMILES string of the molecule is O=C1NC[C@H](C(=O)N2CCN(c3ccccc3-c3ccccc3)C(=O)C2)N1. The van der Waals surface area contributed by atoms with E-state index in [4.69, 9.17) is 0 Å². The molecule has 0 radical (unpaired) electrons. The lowest BCUT2D eigenvalue weighted by molar-refractivity contribution is -0.138. The maximum atomic E-state index is 12.8. The van der Waals surface area contributed by atoms with Crippen LogP contribution < -0.4 is 15.5 Å². The van der Waals surface area contributed by atoms with Crippen LogP contribution in [0.25, 0.3) is 11.1 Å². The predicted molar refractivity (Wildman–Crippen MR) is 101 cm³/mol. The lowest BCUT2D eigenvalue weighted by atomic mass is 10.0. The Labute approximate surface area is 157 Å². The first-order chi connectivity index (χ1) is 13.1. The van der Waals surface area contributed by atoms with Crippen LogP contribution in [-0.4, -0.2) is 55.0 Å². The number of carbonyl (C=O) groups is 3. The molecule has 1 atom stereocenters. The van der Waals surface area contributed by atoms with Crippen molar-refractivity contribution in [2.24, 2.45) is 0 Å². The molecular weight excluding hydrogens is 344 g/mol. The number of amides is 4. The van der Waals surface area contributed by atoms with E-state index in [1.54, 1.807) is 4.90 Å². The fourth-order valence-electron chi connectivity index (χ4n) is 3.51. The molecule has 0 aliphatic carbocycles. The van der Waals surface area contributed by atoms with E-state index >= 15 is 0 Å². The molecule has 2 fully saturated rings. The van der Waals surface area contributed by atoms with E-state index in [2.05, 4.69) is 10.6 Å². The maximum absolute atomic E-state index is 12.8. The van der Waals surface area contributed by atoms with Gasteiger partial charge in [0, 0.05) is 25.2 Å². The summed E-state index contributed by atoms with van der Waals surface area (Å²) >= 11 is 0. The number of carbonyl (C=O) groups excluding carboxylic acids is 3. The third kappa shape index (κ3) is 3.36. The Hall–Kier alpha value is -3.35. The number of anilines is 1. The van der Waals surface area contributed by atoms with Crippen LogP contribution in [-0.2, 0) is 9.59 Å². The molecule has 2 aliphatic heterocycles. The average molecular weight is 364 g/mol. The molecule has 0 bridgehead atoms. The highest BCUT2D eigenvalue weighted by molar-refractivity contribution is 6.02. The lowest BCUT2D eigenvalue weighted by Crippen LogP contribution is -2.56. The molecule has 0 spiro atoms. The third-order valence-corrected chi connectivity index (χ3v) is 4.88. The van der Waals surface area contributed by atoms with E-state index in [1.807, 2.05) is 54.6 Å². The predicted octanol–water partition coefficient (Wildman–Crippen LogP) is 1.21. The van der Waals surface area contributed by atoms with E-state index in [1.165, 1.54) is 4.90 Å². The first-order valence-corrected chi connectivity index (χ1v) is 8.91. The van der Waals surface area contributed by atoms with Crippen molar-refractivity contribution in [3.63, 3.8) is 0 Å². The molecule has 0 unspecified atom stereocenters. The van der Waals surface area contributed by atoms with Crippen LogP contribution in [0, 0.1) is 0 Å². The Kier molecular flexibility index (Phi) is 4.50. The minimum absolute atomic E-state index is 0.00826. The second kappa shape index (κ2) is 7.11. The second-order valence-corrected chi connectivity index (χ2v) is 6.60. The normalized spacial score (nSPS) is 19.6. The van der Waals surface area contributed by atoms with Crippen LogP contribution in [0.4, 0.5) is 10.5 Å². The van der Waals surface area contributed by atoms with E-state index < -0.39 is 6.04 Å². The summed E-state index contributed by atoms with van der Waals surface area (Å²) in [6.07, 6.45) is 0. The summed E-state index contributed by atoms with van der Waals surface area (Å²) in [6, 6.07) is 16.7. The number of urea groups is 1. The third-order valence-electron chi connectivity index (χ3n) is 4.88. The van der Waals surface area contributed by atoms with Gasteiger partial charge in [-0.2, -0.15) is 0 Å². The van der Waals surface area contributed by atoms with E-state index in [0.29, 0.717) is 13.1 Å². The van der Waals surface area contributed by atoms with Gasteiger partial charge in [-0.15, -0.1) is 0 Å². The molecule has 0 aromatic heterocycles. The minimum Gasteiger partial charge on any atom is -0.336 e. The van der Waals surface area contributed by atoms with Gasteiger partial charge in [0.1, 0.15) is 12.6 Å². The molecule has 2 aromatic carbocycles. The fourth-order valence-corrected chi connectivity index (χ4v) is 3.51. The van der Waals surface area contributed by atoms with Crippen LogP contribution in [0.1, 0.15) is 0 Å². The van der Waals surface area contributed by atoms with Crippen molar-refractivity contribution in [1.82, 2.24) is 15.5 Å². The zero-order valence-corrected chi connectivity index (χ0v) is 14.7. The molecule has 27 heavy (non-hydrogen) atoms. The average Bonchev–Trinajstić information content (AvgIpc) is 3.14. The van der Waals surface area contributed by atoms with Gasteiger partial charge < -0.3 is 20.4 Å². The van der Waals surface area contributed by atoms with Crippen LogP contribution in [0.3, 0.4) is 0 Å². The minimum atomic E-state index is -0.603.